The fourth-order valence-electron chi connectivity index (χ4n) is 5.74. The van der Waals surface area contributed by atoms with Gasteiger partial charge in [0.1, 0.15) is 11.5 Å². The summed E-state index contributed by atoms with van der Waals surface area (Å²) in [4.78, 5) is 9.88. The van der Waals surface area contributed by atoms with Crippen molar-refractivity contribution in [3.05, 3.63) is 53.1 Å². The Hall–Kier alpha value is -2.77. The predicted molar refractivity (Wildman–Crippen MR) is 135 cm³/mol. The molecule has 0 bridgehead atoms. The molecule has 7 heteroatoms. The molecule has 2 aliphatic heterocycles. The summed E-state index contributed by atoms with van der Waals surface area (Å²) >= 11 is 0. The van der Waals surface area contributed by atoms with Gasteiger partial charge >= 0.3 is 0 Å². The Morgan fingerprint density at radius 3 is 2.62 bits per heavy atom. The smallest absolute Gasteiger partial charge is 0.142 e. The van der Waals surface area contributed by atoms with Crippen molar-refractivity contribution in [1.82, 2.24) is 10.2 Å². The Bertz CT molecular complexity index is 1030. The first-order chi connectivity index (χ1) is 16.7. The summed E-state index contributed by atoms with van der Waals surface area (Å²) in [5.74, 6) is 3.32. The molecule has 0 amide bonds. The Balaban J connectivity index is 1.15. The van der Waals surface area contributed by atoms with E-state index in [0.29, 0.717) is 12.0 Å². The number of hydrogen-bond donors (Lipinski definition) is 2. The topological polar surface area (TPSA) is 69.6 Å². The standard InChI is InChI=1S/C27H36N4O3/c1-33-25-6-4-3-5-24(25)31-13-11-30(12-14-31)10-9-28-27-17-22-21-16-26(34-2)20(18-32)15-19(21)7-8-23(22)29-27/h3-6,15-16,22-23,32H,7-14,17-18H2,1-2H3,(H,28,29)/t22-,23+/m0/s1. The van der Waals surface area contributed by atoms with Crippen molar-refractivity contribution in [2.45, 2.75) is 37.8 Å². The molecule has 2 heterocycles. The molecule has 2 fully saturated rings. The summed E-state index contributed by atoms with van der Waals surface area (Å²) in [6.07, 6.45) is 3.10. The summed E-state index contributed by atoms with van der Waals surface area (Å²) in [6.45, 7) is 5.94. The quantitative estimate of drug-likeness (QED) is 0.657. The Morgan fingerprint density at radius 2 is 1.85 bits per heavy atom. The molecule has 7 nitrogen and oxygen atoms in total. The highest BCUT2D eigenvalue weighted by atomic mass is 16.5. The summed E-state index contributed by atoms with van der Waals surface area (Å²) in [5, 5.41) is 13.4. The maximum absolute atomic E-state index is 9.66. The summed E-state index contributed by atoms with van der Waals surface area (Å²) in [6, 6.07) is 13.0. The van der Waals surface area contributed by atoms with E-state index in [9.17, 15) is 5.11 Å². The van der Waals surface area contributed by atoms with Gasteiger partial charge in [0.15, 0.2) is 0 Å². The average molecular weight is 465 g/mol. The average Bonchev–Trinajstić information content (AvgIpc) is 3.31. The molecular weight excluding hydrogens is 428 g/mol. The van der Waals surface area contributed by atoms with Crippen LogP contribution in [0.2, 0.25) is 0 Å². The number of aryl methyl sites for hydroxylation is 1. The zero-order valence-corrected chi connectivity index (χ0v) is 20.3. The molecule has 0 spiro atoms. The molecule has 5 rings (SSSR count). The Morgan fingerprint density at radius 1 is 1.06 bits per heavy atom. The van der Waals surface area contributed by atoms with Gasteiger partial charge in [0.05, 0.1) is 38.9 Å². The third-order valence-corrected chi connectivity index (χ3v) is 7.60. The van der Waals surface area contributed by atoms with Crippen molar-refractivity contribution < 1.29 is 14.6 Å². The minimum atomic E-state index is 0.0165. The number of benzene rings is 2. The number of nitrogens with zero attached hydrogens (tertiary/aromatic N) is 3. The van der Waals surface area contributed by atoms with Gasteiger partial charge in [-0.15, -0.1) is 0 Å². The van der Waals surface area contributed by atoms with E-state index in [1.807, 2.05) is 12.1 Å². The number of rotatable bonds is 7. The number of para-hydroxylation sites is 2. The Labute approximate surface area is 202 Å². The first kappa shape index (κ1) is 23.0. The van der Waals surface area contributed by atoms with E-state index in [4.69, 9.17) is 14.5 Å². The van der Waals surface area contributed by atoms with Gasteiger partial charge in [-0.1, -0.05) is 12.1 Å². The van der Waals surface area contributed by atoms with Crippen LogP contribution >= 0.6 is 0 Å². The molecule has 0 radical (unpaired) electrons. The van der Waals surface area contributed by atoms with Crippen LogP contribution in [0.5, 0.6) is 11.5 Å². The van der Waals surface area contributed by atoms with E-state index < -0.39 is 0 Å². The van der Waals surface area contributed by atoms with Gasteiger partial charge in [-0.05, 0) is 48.2 Å². The van der Waals surface area contributed by atoms with Gasteiger partial charge < -0.3 is 24.8 Å². The lowest BCUT2D eigenvalue weighted by atomic mass is 9.79. The molecule has 0 aromatic heterocycles. The highest BCUT2D eigenvalue weighted by Crippen LogP contribution is 2.40. The van der Waals surface area contributed by atoms with Crippen molar-refractivity contribution >= 4 is 11.5 Å². The highest BCUT2D eigenvalue weighted by Gasteiger charge is 2.37. The lowest BCUT2D eigenvalue weighted by Crippen LogP contribution is -2.47. The molecule has 2 N–H and O–H groups in total. The summed E-state index contributed by atoms with van der Waals surface area (Å²) in [7, 11) is 3.42. The van der Waals surface area contributed by atoms with E-state index in [-0.39, 0.29) is 6.61 Å². The molecule has 3 aliphatic rings. The third-order valence-electron chi connectivity index (χ3n) is 7.60. The number of methoxy groups -OCH3 is 2. The van der Waals surface area contributed by atoms with E-state index in [1.165, 1.54) is 16.8 Å². The number of anilines is 1. The summed E-state index contributed by atoms with van der Waals surface area (Å²) < 4.78 is 11.1. The van der Waals surface area contributed by atoms with Gasteiger partial charge in [-0.3, -0.25) is 9.89 Å². The number of ether oxygens (including phenoxy) is 2. The second kappa shape index (κ2) is 10.2. The molecule has 2 atom stereocenters. The first-order valence-electron chi connectivity index (χ1n) is 12.4. The molecule has 2 aromatic carbocycles. The number of aliphatic hydroxyl groups excluding tert-OH is 1. The van der Waals surface area contributed by atoms with Crippen LogP contribution in [0.15, 0.2) is 41.4 Å². The maximum atomic E-state index is 9.66. The second-order valence-corrected chi connectivity index (χ2v) is 9.45. The fraction of sp³-hybridized carbons (Fsp3) is 0.519. The van der Waals surface area contributed by atoms with Gasteiger partial charge in [0.25, 0.3) is 0 Å². The second-order valence-electron chi connectivity index (χ2n) is 9.45. The van der Waals surface area contributed by atoms with Crippen LogP contribution in [0, 0.1) is 0 Å². The molecule has 2 aromatic rings. The predicted octanol–water partition coefficient (Wildman–Crippen LogP) is 2.81. The van der Waals surface area contributed by atoms with Gasteiger partial charge in [0, 0.05) is 56.7 Å². The van der Waals surface area contributed by atoms with Gasteiger partial charge in [-0.2, -0.15) is 0 Å². The maximum Gasteiger partial charge on any atom is 0.142 e. The lowest BCUT2D eigenvalue weighted by molar-refractivity contribution is 0.264. The number of fused-ring (bicyclic) bond motifs is 3. The van der Waals surface area contributed by atoms with Crippen molar-refractivity contribution in [1.29, 1.82) is 0 Å². The van der Waals surface area contributed by atoms with Crippen LogP contribution in [0.1, 0.15) is 35.4 Å². The van der Waals surface area contributed by atoms with Crippen LogP contribution in [0.4, 0.5) is 5.69 Å². The number of aliphatic imine (C=N–C) groups is 1. The number of piperazine rings is 1. The van der Waals surface area contributed by atoms with E-state index in [1.54, 1.807) is 14.2 Å². The van der Waals surface area contributed by atoms with Crippen LogP contribution in [-0.2, 0) is 13.0 Å². The first-order valence-corrected chi connectivity index (χ1v) is 12.4. The third kappa shape index (κ3) is 4.59. The zero-order valence-electron chi connectivity index (χ0n) is 20.3. The molecule has 0 unspecified atom stereocenters. The molecule has 34 heavy (non-hydrogen) atoms. The van der Waals surface area contributed by atoms with E-state index >= 15 is 0 Å². The van der Waals surface area contributed by atoms with Gasteiger partial charge in [-0.25, -0.2) is 0 Å². The van der Waals surface area contributed by atoms with Crippen molar-refractivity contribution in [3.8, 4) is 11.5 Å². The molecule has 0 saturated carbocycles. The van der Waals surface area contributed by atoms with Crippen molar-refractivity contribution in [3.63, 3.8) is 0 Å². The zero-order chi connectivity index (χ0) is 23.5. The Kier molecular flexibility index (Phi) is 6.92. The minimum absolute atomic E-state index is 0.0165. The van der Waals surface area contributed by atoms with Crippen LogP contribution in [-0.4, -0.2) is 75.4 Å². The lowest BCUT2D eigenvalue weighted by Gasteiger charge is -2.36. The highest BCUT2D eigenvalue weighted by molar-refractivity contribution is 5.86. The summed E-state index contributed by atoms with van der Waals surface area (Å²) in [5.41, 5.74) is 4.77. The SMILES string of the molecule is COc1cc2c(cc1CO)CC[C@H]1NC(=NCCN3CCN(c4ccccc4OC)CC3)C[C@@H]21. The van der Waals surface area contributed by atoms with Crippen LogP contribution in [0.25, 0.3) is 0 Å². The largest absolute Gasteiger partial charge is 0.496 e. The number of amidine groups is 1. The van der Waals surface area contributed by atoms with Crippen molar-refractivity contribution in [2.24, 2.45) is 4.99 Å². The fourth-order valence-corrected chi connectivity index (χ4v) is 5.74. The van der Waals surface area contributed by atoms with Crippen molar-refractivity contribution in [2.75, 3.05) is 58.4 Å². The number of nitrogens with one attached hydrogen (secondary N) is 1. The molecule has 2 saturated heterocycles. The van der Waals surface area contributed by atoms with Gasteiger partial charge in [0.2, 0.25) is 0 Å². The monoisotopic (exact) mass is 464 g/mol. The minimum Gasteiger partial charge on any atom is -0.496 e. The molecule has 1 aliphatic carbocycles. The van der Waals surface area contributed by atoms with Crippen LogP contribution in [0.3, 0.4) is 0 Å². The number of aliphatic hydroxyl groups is 1. The molecule has 182 valence electrons. The van der Waals surface area contributed by atoms with Crippen LogP contribution < -0.4 is 19.7 Å². The number of hydrogen-bond acceptors (Lipinski definition) is 6. The van der Waals surface area contributed by atoms with E-state index in [0.717, 1.165) is 81.4 Å². The normalized spacial score (nSPS) is 23.4. The van der Waals surface area contributed by atoms with E-state index in [2.05, 4.69) is 39.4 Å². The molecular formula is C27H36N4O3.